The standard InChI is InChI=1S/C16H19N3O2S/c20-11-16(6-1-2-7-16)19-15(21)18-13-5-3-4-12(10-13)14-17-8-9-22-14/h3-5,8-10,20H,1-2,6-7,11H2,(H2,18,19,21). The van der Waals surface area contributed by atoms with Gasteiger partial charge in [-0.2, -0.15) is 0 Å². The van der Waals surface area contributed by atoms with E-state index in [-0.39, 0.29) is 12.6 Å². The molecule has 0 spiro atoms. The highest BCUT2D eigenvalue weighted by Gasteiger charge is 2.34. The minimum atomic E-state index is -0.461. The van der Waals surface area contributed by atoms with E-state index in [4.69, 9.17) is 0 Å². The molecular weight excluding hydrogens is 298 g/mol. The quantitative estimate of drug-likeness (QED) is 0.810. The third kappa shape index (κ3) is 3.28. The van der Waals surface area contributed by atoms with Crippen molar-refractivity contribution in [2.45, 2.75) is 31.2 Å². The zero-order chi connectivity index (χ0) is 15.4. The first-order valence-corrected chi connectivity index (χ1v) is 8.29. The van der Waals surface area contributed by atoms with Crippen molar-refractivity contribution < 1.29 is 9.90 Å². The van der Waals surface area contributed by atoms with Crippen molar-refractivity contribution in [1.29, 1.82) is 0 Å². The Labute approximate surface area is 133 Å². The fraction of sp³-hybridized carbons (Fsp3) is 0.375. The first kappa shape index (κ1) is 15.0. The van der Waals surface area contributed by atoms with Gasteiger partial charge in [0.25, 0.3) is 0 Å². The summed E-state index contributed by atoms with van der Waals surface area (Å²) in [5.41, 5.74) is 1.23. The molecule has 116 valence electrons. The highest BCUT2D eigenvalue weighted by atomic mass is 32.1. The molecular formula is C16H19N3O2S. The molecule has 1 aliphatic rings. The van der Waals surface area contributed by atoms with Crippen LogP contribution in [0.3, 0.4) is 0 Å². The summed E-state index contributed by atoms with van der Waals surface area (Å²) in [4.78, 5) is 16.5. The van der Waals surface area contributed by atoms with E-state index in [0.717, 1.165) is 41.9 Å². The Morgan fingerprint density at radius 3 is 2.86 bits per heavy atom. The van der Waals surface area contributed by atoms with Crippen LogP contribution >= 0.6 is 11.3 Å². The van der Waals surface area contributed by atoms with Crippen LogP contribution in [0.2, 0.25) is 0 Å². The molecule has 22 heavy (non-hydrogen) atoms. The molecule has 0 bridgehead atoms. The molecule has 1 aromatic heterocycles. The van der Waals surface area contributed by atoms with E-state index < -0.39 is 5.54 Å². The molecule has 3 N–H and O–H groups in total. The van der Waals surface area contributed by atoms with E-state index in [2.05, 4.69) is 15.6 Å². The molecule has 1 saturated carbocycles. The van der Waals surface area contributed by atoms with Crippen molar-refractivity contribution in [2.75, 3.05) is 11.9 Å². The fourth-order valence-electron chi connectivity index (χ4n) is 2.87. The van der Waals surface area contributed by atoms with Gasteiger partial charge in [-0.05, 0) is 25.0 Å². The molecule has 0 aliphatic heterocycles. The molecule has 6 heteroatoms. The SMILES string of the molecule is O=C(Nc1cccc(-c2nccs2)c1)NC1(CO)CCCC1. The highest BCUT2D eigenvalue weighted by molar-refractivity contribution is 7.13. The van der Waals surface area contributed by atoms with Gasteiger partial charge in [-0.25, -0.2) is 9.78 Å². The van der Waals surface area contributed by atoms with Crippen molar-refractivity contribution in [2.24, 2.45) is 0 Å². The number of aliphatic hydroxyl groups is 1. The number of carbonyl (C=O) groups excluding carboxylic acids is 1. The topological polar surface area (TPSA) is 74.2 Å². The second-order valence-corrected chi connectivity index (χ2v) is 6.54. The molecule has 1 fully saturated rings. The number of carbonyl (C=O) groups is 1. The number of nitrogens with one attached hydrogen (secondary N) is 2. The van der Waals surface area contributed by atoms with E-state index in [0.29, 0.717) is 0 Å². The predicted molar refractivity (Wildman–Crippen MR) is 88.0 cm³/mol. The van der Waals surface area contributed by atoms with Crippen molar-refractivity contribution >= 4 is 23.1 Å². The molecule has 0 atom stereocenters. The minimum absolute atomic E-state index is 0.0143. The Bertz CT molecular complexity index is 637. The maximum absolute atomic E-state index is 12.2. The molecule has 1 heterocycles. The monoisotopic (exact) mass is 317 g/mol. The van der Waals surface area contributed by atoms with Gasteiger partial charge in [-0.15, -0.1) is 11.3 Å². The normalized spacial score (nSPS) is 16.4. The predicted octanol–water partition coefficient (Wildman–Crippen LogP) is 3.24. The number of aliphatic hydroxyl groups excluding tert-OH is 1. The fourth-order valence-corrected chi connectivity index (χ4v) is 3.51. The van der Waals surface area contributed by atoms with E-state index in [1.165, 1.54) is 0 Å². The number of thiazole rings is 1. The number of amides is 2. The number of benzene rings is 1. The largest absolute Gasteiger partial charge is 0.394 e. The molecule has 0 unspecified atom stereocenters. The number of hydrogen-bond acceptors (Lipinski definition) is 4. The van der Waals surface area contributed by atoms with Gasteiger partial charge in [-0.1, -0.05) is 25.0 Å². The van der Waals surface area contributed by atoms with Gasteiger partial charge < -0.3 is 15.7 Å². The van der Waals surface area contributed by atoms with Gasteiger partial charge in [0.1, 0.15) is 5.01 Å². The molecule has 0 radical (unpaired) electrons. The number of urea groups is 1. The van der Waals surface area contributed by atoms with Crippen LogP contribution in [0.4, 0.5) is 10.5 Å². The Balaban J connectivity index is 1.68. The second kappa shape index (κ2) is 6.46. The van der Waals surface area contributed by atoms with Gasteiger partial charge >= 0.3 is 6.03 Å². The van der Waals surface area contributed by atoms with E-state index in [9.17, 15) is 9.90 Å². The van der Waals surface area contributed by atoms with Crippen LogP contribution in [0.25, 0.3) is 10.6 Å². The first-order chi connectivity index (χ1) is 10.7. The van der Waals surface area contributed by atoms with Gasteiger partial charge in [0.2, 0.25) is 0 Å². The third-order valence-electron chi connectivity index (χ3n) is 4.04. The number of hydrogen-bond donors (Lipinski definition) is 3. The number of aromatic nitrogens is 1. The lowest BCUT2D eigenvalue weighted by Gasteiger charge is -2.28. The maximum atomic E-state index is 12.2. The van der Waals surface area contributed by atoms with Crippen LogP contribution in [0.15, 0.2) is 35.8 Å². The van der Waals surface area contributed by atoms with Crippen molar-refractivity contribution in [3.05, 3.63) is 35.8 Å². The van der Waals surface area contributed by atoms with E-state index in [1.54, 1.807) is 17.5 Å². The summed E-state index contributed by atoms with van der Waals surface area (Å²) in [6.45, 7) is -0.0143. The third-order valence-corrected chi connectivity index (χ3v) is 4.86. The van der Waals surface area contributed by atoms with Gasteiger partial charge in [0.15, 0.2) is 0 Å². The van der Waals surface area contributed by atoms with Gasteiger partial charge in [-0.3, -0.25) is 0 Å². The summed E-state index contributed by atoms with van der Waals surface area (Å²) in [6, 6.07) is 7.33. The van der Waals surface area contributed by atoms with Gasteiger partial charge in [0.05, 0.1) is 12.1 Å². The second-order valence-electron chi connectivity index (χ2n) is 5.64. The highest BCUT2D eigenvalue weighted by Crippen LogP contribution is 2.29. The lowest BCUT2D eigenvalue weighted by Crippen LogP contribution is -2.50. The van der Waals surface area contributed by atoms with E-state index in [1.807, 2.05) is 29.6 Å². The van der Waals surface area contributed by atoms with Crippen LogP contribution in [-0.2, 0) is 0 Å². The zero-order valence-corrected chi connectivity index (χ0v) is 13.0. The molecule has 3 rings (SSSR count). The smallest absolute Gasteiger partial charge is 0.319 e. The van der Waals surface area contributed by atoms with Crippen molar-refractivity contribution in [3.8, 4) is 10.6 Å². The lowest BCUT2D eigenvalue weighted by atomic mass is 9.99. The Morgan fingerprint density at radius 1 is 1.36 bits per heavy atom. The summed E-state index contributed by atoms with van der Waals surface area (Å²) in [5, 5.41) is 18.2. The summed E-state index contributed by atoms with van der Waals surface area (Å²) < 4.78 is 0. The Hall–Kier alpha value is -1.92. The molecule has 1 aliphatic carbocycles. The number of nitrogens with zero attached hydrogens (tertiary/aromatic N) is 1. The van der Waals surface area contributed by atoms with Crippen LogP contribution in [0.5, 0.6) is 0 Å². The summed E-state index contributed by atoms with van der Waals surface area (Å²) in [6.07, 6.45) is 5.50. The summed E-state index contributed by atoms with van der Waals surface area (Å²) >= 11 is 1.56. The van der Waals surface area contributed by atoms with Gasteiger partial charge in [0, 0.05) is 22.8 Å². The molecule has 1 aromatic carbocycles. The van der Waals surface area contributed by atoms with Crippen molar-refractivity contribution in [3.63, 3.8) is 0 Å². The zero-order valence-electron chi connectivity index (χ0n) is 12.2. The maximum Gasteiger partial charge on any atom is 0.319 e. The Kier molecular flexibility index (Phi) is 4.40. The average Bonchev–Trinajstić information content (AvgIpc) is 3.19. The molecule has 2 amide bonds. The van der Waals surface area contributed by atoms with Crippen molar-refractivity contribution in [1.82, 2.24) is 10.3 Å². The van der Waals surface area contributed by atoms with Crippen LogP contribution < -0.4 is 10.6 Å². The minimum Gasteiger partial charge on any atom is -0.394 e. The van der Waals surface area contributed by atoms with E-state index >= 15 is 0 Å². The molecule has 0 saturated heterocycles. The lowest BCUT2D eigenvalue weighted by molar-refractivity contribution is 0.167. The van der Waals surface area contributed by atoms with Crippen LogP contribution in [0, 0.1) is 0 Å². The first-order valence-electron chi connectivity index (χ1n) is 7.41. The molecule has 5 nitrogen and oxygen atoms in total. The summed E-state index contributed by atoms with van der Waals surface area (Å²) in [7, 11) is 0. The Morgan fingerprint density at radius 2 is 2.18 bits per heavy atom. The van der Waals surface area contributed by atoms with Crippen LogP contribution in [0.1, 0.15) is 25.7 Å². The average molecular weight is 317 g/mol. The summed E-state index contributed by atoms with van der Waals surface area (Å²) in [5.74, 6) is 0. The molecule has 2 aromatic rings. The number of rotatable bonds is 4. The number of anilines is 1. The van der Waals surface area contributed by atoms with Crippen LogP contribution in [-0.4, -0.2) is 28.3 Å².